The zero-order valence-corrected chi connectivity index (χ0v) is 14.5. The maximum Gasteiger partial charge on any atom is 0.253 e. The molecule has 1 saturated carbocycles. The highest BCUT2D eigenvalue weighted by Gasteiger charge is 2.29. The number of aryl methyl sites for hydroxylation is 2. The molecule has 0 spiro atoms. The van der Waals surface area contributed by atoms with Crippen LogP contribution in [-0.2, 0) is 14.3 Å². The summed E-state index contributed by atoms with van der Waals surface area (Å²) in [7, 11) is 0. The minimum absolute atomic E-state index is 0.0293. The summed E-state index contributed by atoms with van der Waals surface area (Å²) >= 11 is 0. The van der Waals surface area contributed by atoms with Gasteiger partial charge in [-0.05, 0) is 49.9 Å². The van der Waals surface area contributed by atoms with Gasteiger partial charge in [-0.1, -0.05) is 18.9 Å². The first-order valence-electron chi connectivity index (χ1n) is 8.81. The second kappa shape index (κ2) is 7.34. The van der Waals surface area contributed by atoms with Gasteiger partial charge in [0, 0.05) is 18.2 Å². The third-order valence-electron chi connectivity index (χ3n) is 4.88. The Labute approximate surface area is 143 Å². The van der Waals surface area contributed by atoms with Crippen molar-refractivity contribution in [1.82, 2.24) is 5.32 Å². The van der Waals surface area contributed by atoms with Gasteiger partial charge >= 0.3 is 0 Å². The number of nitrogens with one attached hydrogen (secondary N) is 1. The van der Waals surface area contributed by atoms with Crippen LogP contribution in [0.15, 0.2) is 18.2 Å². The maximum absolute atomic E-state index is 12.2. The van der Waals surface area contributed by atoms with Gasteiger partial charge in [-0.3, -0.25) is 9.59 Å². The molecule has 1 aliphatic carbocycles. The zero-order valence-electron chi connectivity index (χ0n) is 14.5. The number of ether oxygens (including phenoxy) is 1. The van der Waals surface area contributed by atoms with E-state index in [1.165, 1.54) is 0 Å². The Morgan fingerprint density at radius 1 is 1.21 bits per heavy atom. The van der Waals surface area contributed by atoms with Crippen LogP contribution >= 0.6 is 0 Å². The molecule has 1 aromatic carbocycles. The summed E-state index contributed by atoms with van der Waals surface area (Å²) in [5, 5.41) is 3.00. The van der Waals surface area contributed by atoms with E-state index < -0.39 is 0 Å². The number of rotatable bonds is 4. The Morgan fingerprint density at radius 2 is 1.88 bits per heavy atom. The second-order valence-electron chi connectivity index (χ2n) is 7.01. The summed E-state index contributed by atoms with van der Waals surface area (Å²) in [5.41, 5.74) is 3.18. The van der Waals surface area contributed by atoms with E-state index in [1.807, 2.05) is 26.0 Å². The molecule has 0 bridgehead atoms. The number of carbonyl (C=O) groups excluding carboxylic acids is 2. The summed E-state index contributed by atoms with van der Waals surface area (Å²) in [6, 6.07) is 6.13. The van der Waals surface area contributed by atoms with Crippen molar-refractivity contribution < 1.29 is 14.3 Å². The fourth-order valence-electron chi connectivity index (χ4n) is 3.65. The monoisotopic (exact) mass is 330 g/mol. The van der Waals surface area contributed by atoms with Crippen molar-refractivity contribution in [3.63, 3.8) is 0 Å². The summed E-state index contributed by atoms with van der Waals surface area (Å²) in [6.07, 6.45) is 4.11. The van der Waals surface area contributed by atoms with Crippen molar-refractivity contribution in [2.24, 2.45) is 5.92 Å². The summed E-state index contributed by atoms with van der Waals surface area (Å²) in [6.45, 7) is 5.06. The molecule has 1 N–H and O–H groups in total. The smallest absolute Gasteiger partial charge is 0.253 e. The van der Waals surface area contributed by atoms with E-state index >= 15 is 0 Å². The van der Waals surface area contributed by atoms with E-state index in [9.17, 15) is 9.59 Å². The molecule has 1 aromatic rings. The van der Waals surface area contributed by atoms with Gasteiger partial charge in [-0.15, -0.1) is 0 Å². The van der Waals surface area contributed by atoms with Crippen molar-refractivity contribution in [2.75, 3.05) is 24.6 Å². The summed E-state index contributed by atoms with van der Waals surface area (Å²) < 4.78 is 5.61. The molecule has 3 rings (SSSR count). The number of carbonyl (C=O) groups is 2. The normalized spacial score (nSPS) is 22.0. The van der Waals surface area contributed by atoms with E-state index in [0.717, 1.165) is 42.5 Å². The lowest BCUT2D eigenvalue weighted by molar-refractivity contribution is -0.130. The van der Waals surface area contributed by atoms with Crippen LogP contribution in [0.5, 0.6) is 0 Å². The zero-order chi connectivity index (χ0) is 17.1. The Morgan fingerprint density at radius 3 is 2.54 bits per heavy atom. The van der Waals surface area contributed by atoms with E-state index in [2.05, 4.69) is 11.4 Å². The van der Waals surface area contributed by atoms with Gasteiger partial charge in [0.2, 0.25) is 5.91 Å². The molecule has 24 heavy (non-hydrogen) atoms. The van der Waals surface area contributed by atoms with Gasteiger partial charge in [0.05, 0.1) is 12.6 Å². The van der Waals surface area contributed by atoms with Gasteiger partial charge in [0.25, 0.3) is 5.91 Å². The first kappa shape index (κ1) is 17.0. The highest BCUT2D eigenvalue weighted by molar-refractivity contribution is 5.95. The molecular formula is C19H26N2O3. The Balaban J connectivity index is 1.60. The molecular weight excluding hydrogens is 304 g/mol. The standard InChI is InChI=1S/C19H26N2O3/c1-13-7-14(2)9-16(8-13)21-11-17(24-12-18(21)22)10-20-19(23)15-5-3-4-6-15/h7-9,15,17H,3-6,10-12H2,1-2H3,(H,20,23). The minimum atomic E-state index is -0.158. The summed E-state index contributed by atoms with van der Waals surface area (Å²) in [5.74, 6) is 0.259. The van der Waals surface area contributed by atoms with Crippen LogP contribution in [-0.4, -0.2) is 37.6 Å². The molecule has 2 aliphatic rings. The Hall–Kier alpha value is -1.88. The number of morpholine rings is 1. The fraction of sp³-hybridized carbons (Fsp3) is 0.579. The first-order valence-corrected chi connectivity index (χ1v) is 8.81. The van der Waals surface area contributed by atoms with Crippen molar-refractivity contribution in [2.45, 2.75) is 45.6 Å². The molecule has 5 nitrogen and oxygen atoms in total. The summed E-state index contributed by atoms with van der Waals surface area (Å²) in [4.78, 5) is 26.1. The van der Waals surface area contributed by atoms with Crippen molar-refractivity contribution in [3.8, 4) is 0 Å². The predicted molar refractivity (Wildman–Crippen MR) is 93.0 cm³/mol. The van der Waals surface area contributed by atoms with Crippen LogP contribution in [0, 0.1) is 19.8 Å². The third-order valence-corrected chi connectivity index (χ3v) is 4.88. The predicted octanol–water partition coefficient (Wildman–Crippen LogP) is 2.34. The van der Waals surface area contributed by atoms with Gasteiger partial charge in [-0.2, -0.15) is 0 Å². The fourth-order valence-corrected chi connectivity index (χ4v) is 3.65. The highest BCUT2D eigenvalue weighted by atomic mass is 16.5. The average molecular weight is 330 g/mol. The number of anilines is 1. The van der Waals surface area contributed by atoms with Crippen LogP contribution in [0.3, 0.4) is 0 Å². The lowest BCUT2D eigenvalue weighted by Gasteiger charge is -2.33. The molecule has 1 saturated heterocycles. The third kappa shape index (κ3) is 3.96. The molecule has 1 heterocycles. The molecule has 130 valence electrons. The van der Waals surface area contributed by atoms with Crippen LogP contribution in [0.2, 0.25) is 0 Å². The van der Waals surface area contributed by atoms with Crippen LogP contribution in [0.1, 0.15) is 36.8 Å². The van der Waals surface area contributed by atoms with Gasteiger partial charge in [-0.25, -0.2) is 0 Å². The van der Waals surface area contributed by atoms with E-state index in [1.54, 1.807) is 4.90 Å². The Bertz CT molecular complexity index is 603. The van der Waals surface area contributed by atoms with Gasteiger partial charge < -0.3 is 15.0 Å². The van der Waals surface area contributed by atoms with Crippen LogP contribution in [0.4, 0.5) is 5.69 Å². The van der Waals surface area contributed by atoms with Crippen molar-refractivity contribution >= 4 is 17.5 Å². The van der Waals surface area contributed by atoms with E-state index in [-0.39, 0.29) is 30.4 Å². The number of benzene rings is 1. The first-order chi connectivity index (χ1) is 11.5. The molecule has 1 unspecified atom stereocenters. The van der Waals surface area contributed by atoms with Gasteiger partial charge in [0.15, 0.2) is 0 Å². The van der Waals surface area contributed by atoms with Gasteiger partial charge in [0.1, 0.15) is 6.61 Å². The highest BCUT2D eigenvalue weighted by Crippen LogP contribution is 2.25. The van der Waals surface area contributed by atoms with Crippen molar-refractivity contribution in [1.29, 1.82) is 0 Å². The van der Waals surface area contributed by atoms with E-state index in [0.29, 0.717) is 13.1 Å². The molecule has 2 amide bonds. The molecule has 5 heteroatoms. The molecule has 0 radical (unpaired) electrons. The second-order valence-corrected chi connectivity index (χ2v) is 7.01. The number of amides is 2. The Kier molecular flexibility index (Phi) is 5.19. The number of nitrogens with zero attached hydrogens (tertiary/aromatic N) is 1. The number of hydrogen-bond acceptors (Lipinski definition) is 3. The topological polar surface area (TPSA) is 58.6 Å². The molecule has 1 aliphatic heterocycles. The largest absolute Gasteiger partial charge is 0.365 e. The van der Waals surface area contributed by atoms with Crippen LogP contribution < -0.4 is 10.2 Å². The van der Waals surface area contributed by atoms with Crippen LogP contribution in [0.25, 0.3) is 0 Å². The molecule has 1 atom stereocenters. The lowest BCUT2D eigenvalue weighted by atomic mass is 10.1. The quantitative estimate of drug-likeness (QED) is 0.922. The molecule has 0 aromatic heterocycles. The van der Waals surface area contributed by atoms with E-state index in [4.69, 9.17) is 4.74 Å². The maximum atomic E-state index is 12.2. The van der Waals surface area contributed by atoms with Crippen molar-refractivity contribution in [3.05, 3.63) is 29.3 Å². The minimum Gasteiger partial charge on any atom is -0.365 e. The average Bonchev–Trinajstić information content (AvgIpc) is 3.07. The lowest BCUT2D eigenvalue weighted by Crippen LogP contribution is -2.51. The molecule has 2 fully saturated rings. The number of hydrogen-bond donors (Lipinski definition) is 1. The SMILES string of the molecule is Cc1cc(C)cc(N2CC(CNC(=O)C3CCCC3)OCC2=O)c1.